The number of β-amino-alcohol motifs (C(OH)–C–C–N with tert-alkyl or cyclic N) is 1. The molecule has 2 unspecified atom stereocenters. The molecule has 1 aromatic rings. The van der Waals surface area contributed by atoms with Gasteiger partial charge in [0.25, 0.3) is 0 Å². The summed E-state index contributed by atoms with van der Waals surface area (Å²) in [5.74, 6) is 0.0635. The summed E-state index contributed by atoms with van der Waals surface area (Å²) in [6, 6.07) is 10.1. The zero-order valence-electron chi connectivity index (χ0n) is 11.6. The van der Waals surface area contributed by atoms with Crippen LogP contribution in [0.15, 0.2) is 30.3 Å². The fourth-order valence-electron chi connectivity index (χ4n) is 2.57. The monoisotopic (exact) mass is 262 g/mol. The lowest BCUT2D eigenvalue weighted by atomic mass is 10.1. The first kappa shape index (κ1) is 14.0. The normalized spacial score (nSPS) is 21.3. The third-order valence-corrected chi connectivity index (χ3v) is 3.83. The highest BCUT2D eigenvalue weighted by molar-refractivity contribution is 5.73. The Hall–Kier alpha value is -1.39. The van der Waals surface area contributed by atoms with E-state index in [4.69, 9.17) is 0 Å². The third kappa shape index (κ3) is 3.55. The van der Waals surface area contributed by atoms with Crippen LogP contribution in [0, 0.1) is 0 Å². The van der Waals surface area contributed by atoms with Crippen molar-refractivity contribution in [3.63, 3.8) is 0 Å². The van der Waals surface area contributed by atoms with Crippen molar-refractivity contribution >= 4 is 5.91 Å². The third-order valence-electron chi connectivity index (χ3n) is 3.83. The Labute approximate surface area is 114 Å². The largest absolute Gasteiger partial charge is 0.392 e. The van der Waals surface area contributed by atoms with E-state index in [1.54, 1.807) is 11.8 Å². The van der Waals surface area contributed by atoms with E-state index < -0.39 is 0 Å². The maximum atomic E-state index is 11.7. The number of carbonyl (C=O) groups is 1. The van der Waals surface area contributed by atoms with Gasteiger partial charge < -0.3 is 10.0 Å². The van der Waals surface area contributed by atoms with Gasteiger partial charge in [-0.1, -0.05) is 30.3 Å². The van der Waals surface area contributed by atoms with Gasteiger partial charge in [0.15, 0.2) is 0 Å². The molecule has 2 atom stereocenters. The first-order valence-electron chi connectivity index (χ1n) is 6.76. The minimum atomic E-state index is -0.223. The molecule has 4 heteroatoms. The molecule has 4 nitrogen and oxygen atoms in total. The maximum absolute atomic E-state index is 11.7. The van der Waals surface area contributed by atoms with Gasteiger partial charge in [-0.15, -0.1) is 0 Å². The van der Waals surface area contributed by atoms with Crippen molar-refractivity contribution in [2.24, 2.45) is 0 Å². The molecule has 0 spiro atoms. The summed E-state index contributed by atoms with van der Waals surface area (Å²) in [5, 5.41) is 9.61. The maximum Gasteiger partial charge on any atom is 0.219 e. The second-order valence-electron chi connectivity index (χ2n) is 5.26. The van der Waals surface area contributed by atoms with E-state index in [1.165, 1.54) is 0 Å². The highest BCUT2D eigenvalue weighted by atomic mass is 16.3. The fraction of sp³-hybridized carbons (Fsp3) is 0.533. The molecule has 1 heterocycles. The molecular formula is C15H22N2O2. The van der Waals surface area contributed by atoms with Crippen molar-refractivity contribution in [1.82, 2.24) is 9.80 Å². The molecule has 0 saturated carbocycles. The number of hydrogen-bond donors (Lipinski definition) is 1. The molecular weight excluding hydrogens is 240 g/mol. The lowest BCUT2D eigenvalue weighted by Gasteiger charge is -2.31. The highest BCUT2D eigenvalue weighted by Gasteiger charge is 2.26. The molecule has 1 fully saturated rings. The Bertz CT molecular complexity index is 421. The Balaban J connectivity index is 2.13. The highest BCUT2D eigenvalue weighted by Crippen LogP contribution is 2.22. The predicted molar refractivity (Wildman–Crippen MR) is 74.7 cm³/mol. The Morgan fingerprint density at radius 2 is 2.16 bits per heavy atom. The molecule has 1 aliphatic heterocycles. The summed E-state index contributed by atoms with van der Waals surface area (Å²) in [6.07, 6.45) is 0.602. The van der Waals surface area contributed by atoms with Crippen LogP contribution in [0.3, 0.4) is 0 Å². The standard InChI is InChI=1S/C15H22N2O2/c1-12(18)16(2)15(13-6-4-3-5-7-13)11-17-9-8-14(19)10-17/h3-7,14-15,19H,8-11H2,1-2H3. The van der Waals surface area contributed by atoms with Crippen molar-refractivity contribution in [3.8, 4) is 0 Å². The lowest BCUT2D eigenvalue weighted by molar-refractivity contribution is -0.130. The van der Waals surface area contributed by atoms with Gasteiger partial charge in [0.2, 0.25) is 5.91 Å². The molecule has 0 bridgehead atoms. The van der Waals surface area contributed by atoms with Crippen molar-refractivity contribution in [2.45, 2.75) is 25.5 Å². The van der Waals surface area contributed by atoms with Crippen LogP contribution in [-0.4, -0.2) is 53.6 Å². The summed E-state index contributed by atoms with van der Waals surface area (Å²) in [4.78, 5) is 15.7. The average molecular weight is 262 g/mol. The molecule has 1 aromatic carbocycles. The molecule has 1 saturated heterocycles. The minimum Gasteiger partial charge on any atom is -0.392 e. The van der Waals surface area contributed by atoms with E-state index in [0.717, 1.165) is 25.1 Å². The van der Waals surface area contributed by atoms with E-state index in [2.05, 4.69) is 17.0 Å². The molecule has 2 rings (SSSR count). The zero-order chi connectivity index (χ0) is 13.8. The van der Waals surface area contributed by atoms with Gasteiger partial charge in [-0.05, 0) is 12.0 Å². The van der Waals surface area contributed by atoms with Crippen LogP contribution in [0.4, 0.5) is 0 Å². The number of aliphatic hydroxyl groups excluding tert-OH is 1. The number of carbonyl (C=O) groups excluding carboxylic acids is 1. The van der Waals surface area contributed by atoms with E-state index >= 15 is 0 Å². The van der Waals surface area contributed by atoms with Gasteiger partial charge >= 0.3 is 0 Å². The topological polar surface area (TPSA) is 43.8 Å². The Morgan fingerprint density at radius 1 is 1.47 bits per heavy atom. The van der Waals surface area contributed by atoms with Gasteiger partial charge in [0.05, 0.1) is 12.1 Å². The van der Waals surface area contributed by atoms with Crippen LogP contribution < -0.4 is 0 Å². The molecule has 19 heavy (non-hydrogen) atoms. The number of amides is 1. The van der Waals surface area contributed by atoms with Crippen LogP contribution in [-0.2, 0) is 4.79 Å². The van der Waals surface area contributed by atoms with E-state index in [9.17, 15) is 9.90 Å². The van der Waals surface area contributed by atoms with E-state index in [0.29, 0.717) is 6.54 Å². The van der Waals surface area contributed by atoms with Gasteiger partial charge in [0.1, 0.15) is 0 Å². The summed E-state index contributed by atoms with van der Waals surface area (Å²) in [6.45, 7) is 3.97. The SMILES string of the molecule is CC(=O)N(C)C(CN1CCC(O)C1)c1ccccc1. The van der Waals surface area contributed by atoms with Crippen LogP contribution in [0.5, 0.6) is 0 Å². The lowest BCUT2D eigenvalue weighted by Crippen LogP contribution is -2.38. The summed E-state index contributed by atoms with van der Waals surface area (Å²) < 4.78 is 0. The van der Waals surface area contributed by atoms with Crippen molar-refractivity contribution < 1.29 is 9.90 Å². The second kappa shape index (κ2) is 6.17. The van der Waals surface area contributed by atoms with E-state index in [-0.39, 0.29) is 18.1 Å². The molecule has 0 radical (unpaired) electrons. The quantitative estimate of drug-likeness (QED) is 0.889. The average Bonchev–Trinajstić information content (AvgIpc) is 2.81. The number of benzene rings is 1. The van der Waals surface area contributed by atoms with Crippen LogP contribution in [0.2, 0.25) is 0 Å². The van der Waals surface area contributed by atoms with Crippen LogP contribution >= 0.6 is 0 Å². The smallest absolute Gasteiger partial charge is 0.219 e. The van der Waals surface area contributed by atoms with Gasteiger partial charge in [-0.25, -0.2) is 0 Å². The molecule has 104 valence electrons. The molecule has 1 N–H and O–H groups in total. The number of aliphatic hydroxyl groups is 1. The minimum absolute atomic E-state index is 0.0454. The zero-order valence-corrected chi connectivity index (χ0v) is 11.6. The van der Waals surface area contributed by atoms with Gasteiger partial charge in [-0.3, -0.25) is 9.69 Å². The van der Waals surface area contributed by atoms with Crippen LogP contribution in [0.25, 0.3) is 0 Å². The predicted octanol–water partition coefficient (Wildman–Crippen LogP) is 1.27. The van der Waals surface area contributed by atoms with Crippen molar-refractivity contribution in [1.29, 1.82) is 0 Å². The van der Waals surface area contributed by atoms with Crippen LogP contribution in [0.1, 0.15) is 24.9 Å². The van der Waals surface area contributed by atoms with Crippen molar-refractivity contribution in [3.05, 3.63) is 35.9 Å². The molecule has 0 aliphatic carbocycles. The Kier molecular flexibility index (Phi) is 4.56. The first-order valence-corrected chi connectivity index (χ1v) is 6.76. The van der Waals surface area contributed by atoms with Gasteiger partial charge in [-0.2, -0.15) is 0 Å². The number of likely N-dealkylation sites (tertiary alicyclic amines) is 1. The number of hydrogen-bond acceptors (Lipinski definition) is 3. The summed E-state index contributed by atoms with van der Waals surface area (Å²) in [5.41, 5.74) is 1.14. The van der Waals surface area contributed by atoms with E-state index in [1.807, 2.05) is 25.2 Å². The molecule has 1 amide bonds. The first-order chi connectivity index (χ1) is 9.08. The van der Waals surface area contributed by atoms with Gasteiger partial charge in [0, 0.05) is 33.6 Å². The molecule has 0 aromatic heterocycles. The number of nitrogens with zero attached hydrogens (tertiary/aromatic N) is 2. The fourth-order valence-corrected chi connectivity index (χ4v) is 2.57. The summed E-state index contributed by atoms with van der Waals surface area (Å²) >= 11 is 0. The molecule has 1 aliphatic rings. The number of rotatable bonds is 4. The Morgan fingerprint density at radius 3 is 2.68 bits per heavy atom. The summed E-state index contributed by atoms with van der Waals surface area (Å²) in [7, 11) is 1.84. The number of likely N-dealkylation sites (N-methyl/N-ethyl adjacent to an activating group) is 1. The van der Waals surface area contributed by atoms with Crippen molar-refractivity contribution in [2.75, 3.05) is 26.7 Å². The second-order valence-corrected chi connectivity index (χ2v) is 5.26.